The normalized spacial score (nSPS) is 14.6. The summed E-state index contributed by atoms with van der Waals surface area (Å²) in [5, 5.41) is 6.50. The Hall–Kier alpha value is -2.99. The predicted molar refractivity (Wildman–Crippen MR) is 117 cm³/mol. The fourth-order valence-corrected chi connectivity index (χ4v) is 4.57. The fourth-order valence-electron chi connectivity index (χ4n) is 3.34. The van der Waals surface area contributed by atoms with Crippen molar-refractivity contribution in [2.75, 3.05) is 29.5 Å². The third-order valence-corrected chi connectivity index (χ3v) is 6.72. The van der Waals surface area contributed by atoms with E-state index in [1.54, 1.807) is 0 Å². The molecule has 1 saturated heterocycles. The zero-order chi connectivity index (χ0) is 24.4. The second-order valence-electron chi connectivity index (χ2n) is 7.35. The number of rotatable bonds is 5. The van der Waals surface area contributed by atoms with E-state index in [1.165, 1.54) is 34.1 Å². The van der Waals surface area contributed by atoms with Crippen molar-refractivity contribution in [2.24, 2.45) is 0 Å². The summed E-state index contributed by atoms with van der Waals surface area (Å²) in [5.41, 5.74) is 0.415. The number of aromatic nitrogens is 2. The van der Waals surface area contributed by atoms with E-state index in [1.807, 2.05) is 0 Å². The maximum absolute atomic E-state index is 15.0. The lowest BCUT2D eigenvalue weighted by atomic mass is 10.1. The van der Waals surface area contributed by atoms with Crippen LogP contribution in [-0.4, -0.2) is 49.9 Å². The maximum Gasteiger partial charge on any atom is 0.324 e. The van der Waals surface area contributed by atoms with Crippen LogP contribution in [0.15, 0.2) is 40.8 Å². The number of nitrogens with zero attached hydrogens (tertiary/aromatic N) is 4. The van der Waals surface area contributed by atoms with Gasteiger partial charge < -0.3 is 9.32 Å². The molecular formula is C21H17ClF4N4O3S. The molecule has 7 nitrogen and oxygen atoms in total. The summed E-state index contributed by atoms with van der Waals surface area (Å²) in [6.07, 6.45) is -2.96. The summed E-state index contributed by atoms with van der Waals surface area (Å²) >= 11 is 5.90. The van der Waals surface area contributed by atoms with Crippen molar-refractivity contribution in [3.63, 3.8) is 0 Å². The van der Waals surface area contributed by atoms with Crippen LogP contribution in [0.4, 0.5) is 28.0 Å². The first-order chi connectivity index (χ1) is 16.2. The summed E-state index contributed by atoms with van der Waals surface area (Å²) in [4.78, 5) is 16.0. The first-order valence-corrected chi connectivity index (χ1v) is 11.9. The van der Waals surface area contributed by atoms with E-state index in [2.05, 4.69) is 10.2 Å². The molecule has 13 heteroatoms. The number of hydrogen-bond acceptors (Lipinski definition) is 5. The summed E-state index contributed by atoms with van der Waals surface area (Å²) in [6.45, 7) is 0.266. The van der Waals surface area contributed by atoms with Gasteiger partial charge in [-0.25, -0.2) is 13.6 Å². The van der Waals surface area contributed by atoms with Gasteiger partial charge in [0.05, 0.1) is 11.6 Å². The Morgan fingerprint density at radius 1 is 1.12 bits per heavy atom. The van der Waals surface area contributed by atoms with Crippen LogP contribution >= 0.6 is 11.6 Å². The van der Waals surface area contributed by atoms with Gasteiger partial charge in [0.25, 0.3) is 5.89 Å². The summed E-state index contributed by atoms with van der Waals surface area (Å²) in [5.74, 6) is -1.95. The summed E-state index contributed by atoms with van der Waals surface area (Å²) in [6, 6.07) is 6.99. The van der Waals surface area contributed by atoms with Crippen molar-refractivity contribution in [1.82, 2.24) is 15.1 Å². The van der Waals surface area contributed by atoms with Crippen LogP contribution in [-0.2, 0) is 17.3 Å². The topological polar surface area (TPSA) is 79.5 Å². The second-order valence-corrected chi connectivity index (χ2v) is 9.46. The molecule has 0 radical (unpaired) electrons. The highest BCUT2D eigenvalue weighted by Gasteiger charge is 2.27. The largest absolute Gasteiger partial charge is 0.415 e. The Morgan fingerprint density at radius 2 is 1.85 bits per heavy atom. The second kappa shape index (κ2) is 10.1. The van der Waals surface area contributed by atoms with Crippen molar-refractivity contribution in [2.45, 2.75) is 13.0 Å². The minimum absolute atomic E-state index is 0.0851. The smallest absolute Gasteiger partial charge is 0.324 e. The molecule has 1 aliphatic rings. The minimum atomic E-state index is -2.96. The molecular weight excluding hydrogens is 500 g/mol. The fraction of sp³-hybridized carbons (Fsp3) is 0.286. The molecule has 2 amide bonds. The number of anilines is 1. The highest BCUT2D eigenvalue weighted by molar-refractivity contribution is 7.85. The molecule has 4 rings (SSSR count). The van der Waals surface area contributed by atoms with Gasteiger partial charge in [0.1, 0.15) is 11.6 Å². The molecule has 2 aromatic carbocycles. The summed E-state index contributed by atoms with van der Waals surface area (Å²) < 4.78 is 70.5. The number of hydrogen-bond donors (Lipinski definition) is 0. The van der Waals surface area contributed by atoms with E-state index in [9.17, 15) is 26.6 Å². The number of benzene rings is 2. The lowest BCUT2D eigenvalue weighted by Crippen LogP contribution is -2.48. The zero-order valence-corrected chi connectivity index (χ0v) is 19.0. The van der Waals surface area contributed by atoms with Gasteiger partial charge in [0.2, 0.25) is 5.89 Å². The number of amides is 2. The number of urea groups is 1. The zero-order valence-electron chi connectivity index (χ0n) is 17.4. The number of carbonyl (C=O) groups excluding carboxylic acids is 1. The van der Waals surface area contributed by atoms with E-state index < -0.39 is 40.8 Å². The molecule has 0 N–H and O–H groups in total. The predicted octanol–water partition coefficient (Wildman–Crippen LogP) is 4.80. The molecule has 0 aliphatic carbocycles. The van der Waals surface area contributed by atoms with E-state index in [-0.39, 0.29) is 47.4 Å². The van der Waals surface area contributed by atoms with Crippen molar-refractivity contribution >= 4 is 34.1 Å². The molecule has 34 heavy (non-hydrogen) atoms. The Morgan fingerprint density at radius 3 is 2.47 bits per heavy atom. The van der Waals surface area contributed by atoms with E-state index in [0.29, 0.717) is 11.5 Å². The van der Waals surface area contributed by atoms with Crippen LogP contribution in [0.5, 0.6) is 0 Å². The lowest BCUT2D eigenvalue weighted by Gasteiger charge is -2.33. The minimum Gasteiger partial charge on any atom is -0.415 e. The van der Waals surface area contributed by atoms with E-state index >= 15 is 0 Å². The first kappa shape index (κ1) is 24.1. The van der Waals surface area contributed by atoms with Gasteiger partial charge >= 0.3 is 12.5 Å². The third kappa shape index (κ3) is 5.22. The SMILES string of the molecule is O=C(N1CCS(=O)CC1)N(Cc1ccc(-c2nnc(C(F)F)o2)cc1F)c1ccc(F)c(Cl)c1. The Balaban J connectivity index is 1.63. The highest BCUT2D eigenvalue weighted by Crippen LogP contribution is 2.28. The number of carbonyl (C=O) groups is 1. The Kier molecular flexibility index (Phi) is 7.17. The van der Waals surface area contributed by atoms with Crippen LogP contribution in [0.3, 0.4) is 0 Å². The van der Waals surface area contributed by atoms with Crippen LogP contribution in [0, 0.1) is 11.6 Å². The highest BCUT2D eigenvalue weighted by atomic mass is 35.5. The van der Waals surface area contributed by atoms with Gasteiger partial charge in [0, 0.05) is 52.2 Å². The van der Waals surface area contributed by atoms with E-state index in [4.69, 9.17) is 16.0 Å². The van der Waals surface area contributed by atoms with Crippen molar-refractivity contribution in [3.8, 4) is 11.5 Å². The van der Waals surface area contributed by atoms with Gasteiger partial charge in [-0.3, -0.25) is 9.11 Å². The summed E-state index contributed by atoms with van der Waals surface area (Å²) in [7, 11) is -1.02. The van der Waals surface area contributed by atoms with Crippen LogP contribution in [0.2, 0.25) is 5.02 Å². The van der Waals surface area contributed by atoms with Gasteiger partial charge in [-0.2, -0.15) is 8.78 Å². The van der Waals surface area contributed by atoms with Gasteiger partial charge in [0.15, 0.2) is 0 Å². The van der Waals surface area contributed by atoms with Gasteiger partial charge in [-0.15, -0.1) is 10.2 Å². The standard InChI is InChI=1S/C21H17ClF4N4O3S/c22-15-10-14(3-4-16(15)23)30(21(31)29-5-7-34(32)8-6-29)11-13-2-1-12(9-17(13)24)19-27-28-20(33-19)18(25)26/h1-4,9-10,18H,5-8,11H2. The molecule has 0 unspecified atom stereocenters. The van der Waals surface area contributed by atoms with Gasteiger partial charge in [-0.05, 0) is 30.3 Å². The van der Waals surface area contributed by atoms with Gasteiger partial charge in [-0.1, -0.05) is 17.7 Å². The Labute approximate surface area is 198 Å². The molecule has 180 valence electrons. The molecule has 0 spiro atoms. The number of halogens is 5. The molecule has 2 heterocycles. The van der Waals surface area contributed by atoms with Crippen molar-refractivity contribution in [3.05, 3.63) is 64.5 Å². The Bertz CT molecular complexity index is 1230. The molecule has 0 bridgehead atoms. The number of alkyl halides is 2. The lowest BCUT2D eigenvalue weighted by molar-refractivity contribution is 0.116. The average Bonchev–Trinajstić information content (AvgIpc) is 3.31. The molecule has 3 aromatic rings. The molecule has 0 atom stereocenters. The molecule has 0 saturated carbocycles. The van der Waals surface area contributed by atoms with Crippen LogP contribution < -0.4 is 4.90 Å². The average molecular weight is 517 g/mol. The molecule has 1 aromatic heterocycles. The maximum atomic E-state index is 15.0. The monoisotopic (exact) mass is 516 g/mol. The first-order valence-electron chi connectivity index (χ1n) is 9.99. The van der Waals surface area contributed by atoms with Crippen molar-refractivity contribution in [1.29, 1.82) is 0 Å². The van der Waals surface area contributed by atoms with Crippen LogP contribution in [0.1, 0.15) is 17.9 Å². The quantitative estimate of drug-likeness (QED) is 0.455. The van der Waals surface area contributed by atoms with Crippen molar-refractivity contribution < 1.29 is 31.0 Å². The van der Waals surface area contributed by atoms with Crippen LogP contribution in [0.25, 0.3) is 11.5 Å². The van der Waals surface area contributed by atoms with E-state index in [0.717, 1.165) is 12.1 Å². The molecule has 1 fully saturated rings. The third-order valence-electron chi connectivity index (χ3n) is 5.15. The molecule has 1 aliphatic heterocycles.